The van der Waals surface area contributed by atoms with E-state index in [1.165, 1.54) is 0 Å². The molecule has 0 aliphatic carbocycles. The van der Waals surface area contributed by atoms with Gasteiger partial charge in [-0.15, -0.1) is 0 Å². The Morgan fingerprint density at radius 1 is 1.07 bits per heavy atom. The number of ether oxygens (including phenoxy) is 3. The Morgan fingerprint density at radius 2 is 1.93 bits per heavy atom. The summed E-state index contributed by atoms with van der Waals surface area (Å²) in [6.07, 6.45) is 2.31. The lowest BCUT2D eigenvalue weighted by atomic mass is 10.1. The molecule has 7 heteroatoms. The molecule has 2 N–H and O–H groups in total. The van der Waals surface area contributed by atoms with Crippen molar-refractivity contribution in [1.29, 1.82) is 0 Å². The van der Waals surface area contributed by atoms with E-state index in [0.29, 0.717) is 24.4 Å². The van der Waals surface area contributed by atoms with Crippen molar-refractivity contribution in [2.24, 2.45) is 0 Å². The second-order valence-corrected chi connectivity index (χ2v) is 6.48. The molecule has 1 aliphatic rings. The van der Waals surface area contributed by atoms with Gasteiger partial charge in [0.25, 0.3) is 5.91 Å². The van der Waals surface area contributed by atoms with Crippen molar-refractivity contribution >= 4 is 17.3 Å². The Kier molecular flexibility index (Phi) is 5.47. The maximum Gasteiger partial charge on any atom is 0.269 e. The predicted molar refractivity (Wildman–Crippen MR) is 109 cm³/mol. The Balaban J connectivity index is 1.35. The van der Waals surface area contributed by atoms with Crippen molar-refractivity contribution < 1.29 is 19.0 Å². The Hall–Kier alpha value is -3.74. The van der Waals surface area contributed by atoms with E-state index in [-0.39, 0.29) is 12.7 Å². The van der Waals surface area contributed by atoms with Crippen molar-refractivity contribution in [2.45, 2.75) is 6.42 Å². The quantitative estimate of drug-likeness (QED) is 0.641. The molecule has 0 saturated carbocycles. The Morgan fingerprint density at radius 3 is 2.83 bits per heavy atom. The molecule has 0 fully saturated rings. The summed E-state index contributed by atoms with van der Waals surface area (Å²) in [5.41, 5.74) is 3.04. The molecular formula is C22H21N3O4. The number of amides is 1. The first kappa shape index (κ1) is 18.6. The Labute approximate surface area is 168 Å². The topological polar surface area (TPSA) is 81.7 Å². The molecule has 7 nitrogen and oxygen atoms in total. The Bertz CT molecular complexity index is 1020. The maximum atomic E-state index is 12.5. The second kappa shape index (κ2) is 8.52. The molecule has 1 aliphatic heterocycles. The van der Waals surface area contributed by atoms with E-state index < -0.39 is 0 Å². The van der Waals surface area contributed by atoms with Crippen molar-refractivity contribution in [2.75, 3.05) is 25.8 Å². The number of anilines is 2. The fourth-order valence-electron chi connectivity index (χ4n) is 3.01. The summed E-state index contributed by atoms with van der Waals surface area (Å²) in [5, 5.41) is 6.16. The molecule has 148 valence electrons. The first-order valence-electron chi connectivity index (χ1n) is 9.25. The zero-order chi connectivity index (χ0) is 20.1. The number of hydrogen-bond acceptors (Lipinski definition) is 6. The number of methoxy groups -OCH3 is 1. The minimum Gasteiger partial charge on any atom is -0.497 e. The van der Waals surface area contributed by atoms with E-state index in [1.54, 1.807) is 25.4 Å². The number of benzene rings is 2. The van der Waals surface area contributed by atoms with Gasteiger partial charge in [-0.3, -0.25) is 9.78 Å². The van der Waals surface area contributed by atoms with E-state index in [0.717, 1.165) is 28.4 Å². The molecule has 3 aromatic rings. The standard InChI is InChI=1S/C22H21N3O4/c1-27-18-4-2-3-15(11-18)7-9-24-22(26)19-12-17(8-10-23-19)25-16-5-6-20-21(13-16)29-14-28-20/h2-6,8,10-13H,7,9,14H2,1H3,(H,23,25)(H,24,26). The largest absolute Gasteiger partial charge is 0.497 e. The van der Waals surface area contributed by atoms with Crippen LogP contribution in [0.1, 0.15) is 16.1 Å². The summed E-state index contributed by atoms with van der Waals surface area (Å²) in [5.74, 6) is 2.00. The summed E-state index contributed by atoms with van der Waals surface area (Å²) in [7, 11) is 1.64. The van der Waals surface area contributed by atoms with Gasteiger partial charge in [0.05, 0.1) is 7.11 Å². The van der Waals surface area contributed by atoms with Crippen LogP contribution in [-0.4, -0.2) is 31.3 Å². The van der Waals surface area contributed by atoms with Gasteiger partial charge in [-0.25, -0.2) is 0 Å². The third-order valence-electron chi connectivity index (χ3n) is 4.49. The minimum atomic E-state index is -0.220. The summed E-state index contributed by atoms with van der Waals surface area (Å²) in [6, 6.07) is 16.9. The number of nitrogens with one attached hydrogen (secondary N) is 2. The van der Waals surface area contributed by atoms with Crippen molar-refractivity contribution in [3.63, 3.8) is 0 Å². The lowest BCUT2D eigenvalue weighted by molar-refractivity contribution is 0.0949. The maximum absolute atomic E-state index is 12.5. The molecule has 0 spiro atoms. The number of aromatic nitrogens is 1. The lowest BCUT2D eigenvalue weighted by Crippen LogP contribution is -2.26. The summed E-state index contributed by atoms with van der Waals surface area (Å²) >= 11 is 0. The van der Waals surface area contributed by atoms with Crippen molar-refractivity contribution in [3.05, 3.63) is 72.1 Å². The molecule has 29 heavy (non-hydrogen) atoms. The summed E-state index contributed by atoms with van der Waals surface area (Å²) in [4.78, 5) is 16.6. The zero-order valence-electron chi connectivity index (χ0n) is 16.0. The van der Waals surface area contributed by atoms with E-state index in [4.69, 9.17) is 14.2 Å². The number of fused-ring (bicyclic) bond motifs is 1. The van der Waals surface area contributed by atoms with E-state index in [9.17, 15) is 4.79 Å². The van der Waals surface area contributed by atoms with Crippen LogP contribution < -0.4 is 24.8 Å². The van der Waals surface area contributed by atoms with E-state index >= 15 is 0 Å². The highest BCUT2D eigenvalue weighted by atomic mass is 16.7. The number of nitrogens with zero attached hydrogens (tertiary/aromatic N) is 1. The van der Waals surface area contributed by atoms with Gasteiger partial charge in [-0.1, -0.05) is 12.1 Å². The van der Waals surface area contributed by atoms with Gasteiger partial charge in [0.15, 0.2) is 11.5 Å². The van der Waals surface area contributed by atoms with Crippen LogP contribution in [0.25, 0.3) is 0 Å². The highest BCUT2D eigenvalue weighted by molar-refractivity contribution is 5.93. The van der Waals surface area contributed by atoms with Crippen LogP contribution in [0.2, 0.25) is 0 Å². The third-order valence-corrected chi connectivity index (χ3v) is 4.49. The van der Waals surface area contributed by atoms with E-state index in [1.807, 2.05) is 42.5 Å². The van der Waals surface area contributed by atoms with Crippen LogP contribution in [-0.2, 0) is 6.42 Å². The van der Waals surface area contributed by atoms with Crippen LogP contribution in [0.15, 0.2) is 60.8 Å². The molecule has 0 unspecified atom stereocenters. The molecule has 0 atom stereocenters. The number of rotatable bonds is 7. The van der Waals surface area contributed by atoms with Gasteiger partial charge in [0.1, 0.15) is 11.4 Å². The molecule has 1 amide bonds. The molecule has 2 aromatic carbocycles. The van der Waals surface area contributed by atoms with Crippen LogP contribution in [0.3, 0.4) is 0 Å². The predicted octanol–water partition coefficient (Wildman–Crippen LogP) is 3.54. The summed E-state index contributed by atoms with van der Waals surface area (Å²) in [6.45, 7) is 0.738. The minimum absolute atomic E-state index is 0.220. The SMILES string of the molecule is COc1cccc(CCNC(=O)c2cc(Nc3ccc4c(c3)OCO4)ccn2)c1. The second-order valence-electron chi connectivity index (χ2n) is 6.48. The smallest absolute Gasteiger partial charge is 0.269 e. The van der Waals surface area contributed by atoms with Gasteiger partial charge in [0.2, 0.25) is 6.79 Å². The van der Waals surface area contributed by atoms with Gasteiger partial charge >= 0.3 is 0 Å². The molecule has 0 saturated heterocycles. The fraction of sp³-hybridized carbons (Fsp3) is 0.182. The van der Waals surface area contributed by atoms with Gasteiger partial charge < -0.3 is 24.8 Å². The zero-order valence-corrected chi connectivity index (χ0v) is 16.0. The summed E-state index contributed by atoms with van der Waals surface area (Å²) < 4.78 is 15.9. The molecular weight excluding hydrogens is 370 g/mol. The normalized spacial score (nSPS) is 11.8. The third kappa shape index (κ3) is 4.57. The fourth-order valence-corrected chi connectivity index (χ4v) is 3.01. The van der Waals surface area contributed by atoms with Crippen LogP contribution in [0, 0.1) is 0 Å². The lowest BCUT2D eigenvalue weighted by Gasteiger charge is -2.09. The average Bonchev–Trinajstić information content (AvgIpc) is 3.22. The van der Waals surface area contributed by atoms with Crippen LogP contribution in [0.5, 0.6) is 17.2 Å². The van der Waals surface area contributed by atoms with Gasteiger partial charge in [-0.05, 0) is 48.4 Å². The molecule has 4 rings (SSSR count). The van der Waals surface area contributed by atoms with Crippen molar-refractivity contribution in [1.82, 2.24) is 10.3 Å². The van der Waals surface area contributed by atoms with Crippen LogP contribution >= 0.6 is 0 Å². The first-order chi connectivity index (χ1) is 14.2. The van der Waals surface area contributed by atoms with E-state index in [2.05, 4.69) is 15.6 Å². The molecule has 1 aromatic heterocycles. The average molecular weight is 391 g/mol. The van der Waals surface area contributed by atoms with Gasteiger partial charge in [-0.2, -0.15) is 0 Å². The van der Waals surface area contributed by atoms with Gasteiger partial charge in [0, 0.05) is 30.2 Å². The molecule has 0 radical (unpaired) electrons. The highest BCUT2D eigenvalue weighted by Gasteiger charge is 2.14. The van der Waals surface area contributed by atoms with Crippen LogP contribution in [0.4, 0.5) is 11.4 Å². The number of pyridine rings is 1. The number of carbonyl (C=O) groups is 1. The van der Waals surface area contributed by atoms with Crippen molar-refractivity contribution in [3.8, 4) is 17.2 Å². The highest BCUT2D eigenvalue weighted by Crippen LogP contribution is 2.35. The molecule has 0 bridgehead atoms. The first-order valence-corrected chi connectivity index (χ1v) is 9.25. The number of hydrogen-bond donors (Lipinski definition) is 2. The number of carbonyl (C=O) groups excluding carboxylic acids is 1. The molecule has 2 heterocycles. The monoisotopic (exact) mass is 391 g/mol.